The maximum atomic E-state index is 13.6. The van der Waals surface area contributed by atoms with Crippen LogP contribution in [0.2, 0.25) is 0 Å². The smallest absolute Gasteiger partial charge is 0.274 e. The molecule has 0 bridgehead atoms. The first-order valence-corrected chi connectivity index (χ1v) is 14.6. The Labute approximate surface area is 249 Å². The first kappa shape index (κ1) is 28.6. The molecule has 2 aromatic heterocycles. The Morgan fingerprint density at radius 3 is 2.79 bits per heavy atom. The topological polar surface area (TPSA) is 121 Å². The van der Waals surface area contributed by atoms with Gasteiger partial charge in [-0.15, -0.1) is 0 Å². The maximum absolute atomic E-state index is 13.6. The van der Waals surface area contributed by atoms with Crippen molar-refractivity contribution in [3.05, 3.63) is 65.7 Å². The van der Waals surface area contributed by atoms with Crippen molar-refractivity contribution in [1.29, 1.82) is 5.26 Å². The number of halogens is 1. The van der Waals surface area contributed by atoms with Crippen molar-refractivity contribution in [2.45, 2.75) is 38.3 Å². The van der Waals surface area contributed by atoms with Gasteiger partial charge in [-0.1, -0.05) is 0 Å². The van der Waals surface area contributed by atoms with Gasteiger partial charge in [0, 0.05) is 50.8 Å². The number of aromatic nitrogens is 2. The fourth-order valence-corrected chi connectivity index (χ4v) is 6.26. The number of hydrogen-bond acceptors (Lipinski definition) is 9. The summed E-state index contributed by atoms with van der Waals surface area (Å²) in [6, 6.07) is 13.6. The highest BCUT2D eigenvalue weighted by Gasteiger charge is 2.54. The Morgan fingerprint density at radius 1 is 1.23 bits per heavy atom. The lowest BCUT2D eigenvalue weighted by Gasteiger charge is -2.59. The molecule has 43 heavy (non-hydrogen) atoms. The van der Waals surface area contributed by atoms with Gasteiger partial charge in [-0.05, 0) is 62.2 Å². The van der Waals surface area contributed by atoms with Gasteiger partial charge in [0.2, 0.25) is 5.88 Å². The Kier molecular flexibility index (Phi) is 7.95. The van der Waals surface area contributed by atoms with Crippen LogP contribution in [0.3, 0.4) is 0 Å². The molecule has 0 radical (unpaired) electrons. The first-order valence-electron chi connectivity index (χ1n) is 14.6. The van der Waals surface area contributed by atoms with Gasteiger partial charge >= 0.3 is 0 Å². The number of carbonyl (C=O) groups excluding carboxylic acids is 2. The van der Waals surface area contributed by atoms with E-state index in [0.717, 1.165) is 37.9 Å². The average Bonchev–Trinajstić information content (AvgIpc) is 2.95. The number of anilines is 1. The van der Waals surface area contributed by atoms with Crippen molar-refractivity contribution < 1.29 is 23.5 Å². The number of ether oxygens (including phenoxy) is 2. The van der Waals surface area contributed by atoms with Crippen molar-refractivity contribution in [3.63, 3.8) is 0 Å². The molecule has 1 aliphatic carbocycles. The summed E-state index contributed by atoms with van der Waals surface area (Å²) in [5, 5.41) is 12.5. The van der Waals surface area contributed by atoms with E-state index >= 15 is 0 Å². The van der Waals surface area contributed by atoms with E-state index < -0.39 is 5.82 Å². The molecule has 10 nitrogen and oxygen atoms in total. The zero-order valence-electron chi connectivity index (χ0n) is 24.0. The minimum absolute atomic E-state index is 0.0347. The molecule has 6 rings (SSSR count). The van der Waals surface area contributed by atoms with Crippen molar-refractivity contribution in [1.82, 2.24) is 20.2 Å². The monoisotopic (exact) mass is 584 g/mol. The summed E-state index contributed by atoms with van der Waals surface area (Å²) in [6.45, 7) is 5.89. The van der Waals surface area contributed by atoms with Crippen LogP contribution in [0, 0.1) is 22.6 Å². The van der Waals surface area contributed by atoms with Gasteiger partial charge < -0.3 is 24.5 Å². The quantitative estimate of drug-likeness (QED) is 0.337. The van der Waals surface area contributed by atoms with Crippen molar-refractivity contribution >= 4 is 17.9 Å². The van der Waals surface area contributed by atoms with Gasteiger partial charge in [0.15, 0.2) is 11.4 Å². The summed E-state index contributed by atoms with van der Waals surface area (Å²) in [4.78, 5) is 37.5. The van der Waals surface area contributed by atoms with Crippen LogP contribution in [0.15, 0.2) is 48.7 Å². The standard InChI is InChI=1S/C32H33FN6O4/c1-2-42-31-25(5-3-10-35-31)26-7-9-28(29(37-26)30(41)36-23-17-38(18-23)11-4-12-40)43-24-14-32(15-24)19-39(20-32)27-8-6-22(33)13-21(27)16-34/h3,5-10,12-13,23-24H,2,4,11,14-15,17-20H2,1H3,(H,36,41). The van der Waals surface area contributed by atoms with Crippen LogP contribution in [0.1, 0.15) is 42.2 Å². The summed E-state index contributed by atoms with van der Waals surface area (Å²) in [7, 11) is 0. The van der Waals surface area contributed by atoms with Crippen LogP contribution in [0.5, 0.6) is 11.6 Å². The SMILES string of the molecule is CCOc1ncccc1-c1ccc(OC2CC3(C2)CN(c2ccc(F)cc2C#N)C3)c(C(=O)NC2CN(CCC=O)C2)n1. The van der Waals surface area contributed by atoms with E-state index in [9.17, 15) is 19.2 Å². The van der Waals surface area contributed by atoms with Gasteiger partial charge in [0.05, 0.1) is 35.2 Å². The minimum atomic E-state index is -0.419. The molecule has 0 unspecified atom stereocenters. The molecule has 1 saturated carbocycles. The fourth-order valence-electron chi connectivity index (χ4n) is 6.26. The summed E-state index contributed by atoms with van der Waals surface area (Å²) in [5.74, 6) is 0.125. The number of nitrogens with one attached hydrogen (secondary N) is 1. The number of nitriles is 1. The van der Waals surface area contributed by atoms with Gasteiger partial charge in [0.25, 0.3) is 5.91 Å². The van der Waals surface area contributed by atoms with E-state index in [4.69, 9.17) is 14.5 Å². The maximum Gasteiger partial charge on any atom is 0.274 e. The van der Waals surface area contributed by atoms with Crippen LogP contribution in [0.4, 0.5) is 10.1 Å². The molecule has 3 fully saturated rings. The highest BCUT2D eigenvalue weighted by Crippen LogP contribution is 2.51. The Balaban J connectivity index is 1.15. The number of pyridine rings is 2. The molecule has 0 atom stereocenters. The molecule has 1 aromatic carbocycles. The van der Waals surface area contributed by atoms with Crippen LogP contribution in [-0.4, -0.2) is 78.5 Å². The summed E-state index contributed by atoms with van der Waals surface area (Å²) < 4.78 is 25.7. The summed E-state index contributed by atoms with van der Waals surface area (Å²) in [6.07, 6.45) is 4.56. The average molecular weight is 585 g/mol. The van der Waals surface area contributed by atoms with Gasteiger partial charge in [-0.2, -0.15) is 5.26 Å². The lowest BCUT2D eigenvalue weighted by Crippen LogP contribution is -2.65. The van der Waals surface area contributed by atoms with Crippen LogP contribution in [0.25, 0.3) is 11.3 Å². The first-order chi connectivity index (χ1) is 20.9. The molecule has 1 spiro atoms. The van der Waals surface area contributed by atoms with Crippen molar-refractivity contribution in [2.75, 3.05) is 44.2 Å². The van der Waals surface area contributed by atoms with E-state index in [1.165, 1.54) is 12.1 Å². The molecule has 11 heteroatoms. The van der Waals surface area contributed by atoms with E-state index in [2.05, 4.69) is 26.2 Å². The summed E-state index contributed by atoms with van der Waals surface area (Å²) >= 11 is 0. The third-order valence-corrected chi connectivity index (χ3v) is 8.34. The predicted molar refractivity (Wildman–Crippen MR) is 156 cm³/mol. The lowest BCUT2D eigenvalue weighted by atomic mass is 9.61. The Morgan fingerprint density at radius 2 is 2.05 bits per heavy atom. The highest BCUT2D eigenvalue weighted by atomic mass is 19.1. The molecule has 1 amide bonds. The largest absolute Gasteiger partial charge is 0.488 e. The van der Waals surface area contributed by atoms with E-state index in [-0.39, 0.29) is 29.2 Å². The van der Waals surface area contributed by atoms with E-state index in [1.807, 2.05) is 19.1 Å². The van der Waals surface area contributed by atoms with E-state index in [1.54, 1.807) is 24.4 Å². The number of carbonyl (C=O) groups is 2. The normalized spacial score (nSPS) is 17.7. The van der Waals surface area contributed by atoms with Gasteiger partial charge in [-0.3, -0.25) is 9.69 Å². The van der Waals surface area contributed by atoms with Gasteiger partial charge in [0.1, 0.15) is 24.3 Å². The second-order valence-corrected chi connectivity index (χ2v) is 11.5. The van der Waals surface area contributed by atoms with E-state index in [0.29, 0.717) is 61.1 Å². The second kappa shape index (κ2) is 12.0. The lowest BCUT2D eigenvalue weighted by molar-refractivity contribution is -0.108. The molecule has 3 aliphatic rings. The van der Waals surface area contributed by atoms with Crippen molar-refractivity contribution in [3.8, 4) is 29.0 Å². The highest BCUT2D eigenvalue weighted by molar-refractivity contribution is 5.96. The minimum Gasteiger partial charge on any atom is -0.488 e. The number of nitrogens with zero attached hydrogens (tertiary/aromatic N) is 5. The zero-order valence-corrected chi connectivity index (χ0v) is 24.0. The molecule has 2 saturated heterocycles. The van der Waals surface area contributed by atoms with Gasteiger partial charge in [-0.25, -0.2) is 14.4 Å². The number of rotatable bonds is 11. The molecular weight excluding hydrogens is 551 g/mol. The van der Waals surface area contributed by atoms with Crippen LogP contribution in [-0.2, 0) is 4.79 Å². The zero-order chi connectivity index (χ0) is 30.0. The molecule has 222 valence electrons. The third kappa shape index (κ3) is 5.88. The third-order valence-electron chi connectivity index (χ3n) is 8.34. The fraction of sp³-hybridized carbons (Fsp3) is 0.406. The molecule has 4 heterocycles. The van der Waals surface area contributed by atoms with Crippen LogP contribution >= 0.6 is 0 Å². The Bertz CT molecular complexity index is 1560. The Hall–Kier alpha value is -4.56. The number of amides is 1. The number of benzene rings is 1. The molecule has 1 N–H and O–H groups in total. The van der Waals surface area contributed by atoms with Crippen LogP contribution < -0.4 is 19.7 Å². The summed E-state index contributed by atoms with van der Waals surface area (Å²) in [5.41, 5.74) is 2.60. The van der Waals surface area contributed by atoms with Crippen molar-refractivity contribution in [2.24, 2.45) is 5.41 Å². The predicted octanol–water partition coefficient (Wildman–Crippen LogP) is 3.60. The molecule has 3 aromatic rings. The number of likely N-dealkylation sites (tertiary alicyclic amines) is 1. The number of hydrogen-bond donors (Lipinski definition) is 1. The molecular formula is C32H33FN6O4. The number of aldehydes is 1. The molecule has 2 aliphatic heterocycles. The second-order valence-electron chi connectivity index (χ2n) is 11.5.